The fourth-order valence-electron chi connectivity index (χ4n) is 4.48. The zero-order valence-electron chi connectivity index (χ0n) is 15.8. The average Bonchev–Trinajstić information content (AvgIpc) is 3.08. The Kier molecular flexibility index (Phi) is 3.44. The van der Waals surface area contributed by atoms with Crippen LogP contribution in [0.4, 0.5) is 0 Å². The number of aromatic hydroxyl groups is 1. The molecule has 1 aliphatic carbocycles. The van der Waals surface area contributed by atoms with E-state index in [0.717, 1.165) is 16.7 Å². The van der Waals surface area contributed by atoms with Crippen LogP contribution in [0.5, 0.6) is 28.7 Å². The molecule has 2 N–H and O–H groups in total. The van der Waals surface area contributed by atoms with Gasteiger partial charge in [-0.1, -0.05) is 18.7 Å². The summed E-state index contributed by atoms with van der Waals surface area (Å²) in [6.45, 7) is 7.72. The average molecular weight is 382 g/mol. The van der Waals surface area contributed by atoms with Crippen LogP contribution in [0.2, 0.25) is 0 Å². The van der Waals surface area contributed by atoms with Crippen LogP contribution in [0.1, 0.15) is 36.5 Å². The molecule has 6 heteroatoms. The molecule has 0 spiro atoms. The lowest BCUT2D eigenvalue weighted by Gasteiger charge is -2.37. The van der Waals surface area contributed by atoms with Gasteiger partial charge in [0.2, 0.25) is 11.5 Å². The first-order chi connectivity index (χ1) is 13.3. The van der Waals surface area contributed by atoms with E-state index in [1.165, 1.54) is 0 Å². The minimum absolute atomic E-state index is 0.00306. The first kappa shape index (κ1) is 17.3. The maximum Gasteiger partial charge on any atom is 0.246 e. The highest BCUT2D eigenvalue weighted by Crippen LogP contribution is 2.57. The second-order valence-corrected chi connectivity index (χ2v) is 8.04. The summed E-state index contributed by atoms with van der Waals surface area (Å²) >= 11 is 0. The van der Waals surface area contributed by atoms with Crippen LogP contribution >= 0.6 is 0 Å². The van der Waals surface area contributed by atoms with Gasteiger partial charge in [-0.3, -0.25) is 0 Å². The second-order valence-electron chi connectivity index (χ2n) is 8.04. The predicted molar refractivity (Wildman–Crippen MR) is 102 cm³/mol. The zero-order chi connectivity index (χ0) is 19.7. The van der Waals surface area contributed by atoms with Crippen LogP contribution in [-0.4, -0.2) is 34.8 Å². The molecule has 5 rings (SSSR count). The van der Waals surface area contributed by atoms with Gasteiger partial charge in [0, 0.05) is 31.7 Å². The Labute approximate surface area is 162 Å². The van der Waals surface area contributed by atoms with Crippen LogP contribution in [0.3, 0.4) is 0 Å². The molecule has 0 radical (unpaired) electrons. The third-order valence-electron chi connectivity index (χ3n) is 5.51. The fourth-order valence-corrected chi connectivity index (χ4v) is 4.48. The van der Waals surface area contributed by atoms with Crippen molar-refractivity contribution in [2.75, 3.05) is 13.2 Å². The monoisotopic (exact) mass is 382 g/mol. The van der Waals surface area contributed by atoms with E-state index in [1.54, 1.807) is 18.2 Å². The van der Waals surface area contributed by atoms with E-state index in [9.17, 15) is 10.2 Å². The number of rotatable bonds is 3. The number of fused-ring (bicyclic) bond motifs is 6. The third-order valence-corrected chi connectivity index (χ3v) is 5.51. The first-order valence-electron chi connectivity index (χ1n) is 9.31. The molecular weight excluding hydrogens is 360 g/mol. The van der Waals surface area contributed by atoms with Crippen molar-refractivity contribution in [1.29, 1.82) is 0 Å². The van der Waals surface area contributed by atoms with Gasteiger partial charge in [-0.15, -0.1) is 0 Å². The molecule has 0 amide bonds. The summed E-state index contributed by atoms with van der Waals surface area (Å²) in [5.74, 6) is 1.07. The van der Waals surface area contributed by atoms with Gasteiger partial charge in [-0.25, -0.2) is 0 Å². The number of benzene rings is 2. The van der Waals surface area contributed by atoms with Crippen molar-refractivity contribution in [2.24, 2.45) is 0 Å². The van der Waals surface area contributed by atoms with Gasteiger partial charge in [0.05, 0.1) is 0 Å². The zero-order valence-corrected chi connectivity index (χ0v) is 15.8. The van der Waals surface area contributed by atoms with Crippen LogP contribution in [0, 0.1) is 0 Å². The van der Waals surface area contributed by atoms with Crippen molar-refractivity contribution in [1.82, 2.24) is 0 Å². The smallest absolute Gasteiger partial charge is 0.246 e. The molecule has 146 valence electrons. The summed E-state index contributed by atoms with van der Waals surface area (Å²) < 4.78 is 23.3. The van der Waals surface area contributed by atoms with Gasteiger partial charge in [0.15, 0.2) is 23.0 Å². The Hall–Kier alpha value is -2.86. The first-order valence-corrected chi connectivity index (χ1v) is 9.31. The third kappa shape index (κ3) is 2.37. The number of phenolic OH excluding ortho intramolecular Hbond substituents is 1. The van der Waals surface area contributed by atoms with Crippen molar-refractivity contribution in [3.05, 3.63) is 53.6 Å². The van der Waals surface area contributed by atoms with Crippen LogP contribution in [-0.2, 0) is 6.42 Å². The molecule has 2 heterocycles. The van der Waals surface area contributed by atoms with Crippen molar-refractivity contribution < 1.29 is 29.2 Å². The molecule has 0 saturated heterocycles. The van der Waals surface area contributed by atoms with E-state index in [2.05, 4.69) is 6.58 Å². The Bertz CT molecular complexity index is 995. The van der Waals surface area contributed by atoms with Gasteiger partial charge in [0.1, 0.15) is 18.8 Å². The molecule has 2 aliphatic heterocycles. The topological polar surface area (TPSA) is 77.4 Å². The van der Waals surface area contributed by atoms with Gasteiger partial charge in [0.25, 0.3) is 0 Å². The number of ether oxygens (including phenoxy) is 4. The number of aliphatic hydroxyl groups is 1. The van der Waals surface area contributed by atoms with Gasteiger partial charge in [-0.05, 0) is 29.3 Å². The van der Waals surface area contributed by atoms with Crippen molar-refractivity contribution in [2.45, 2.75) is 37.6 Å². The van der Waals surface area contributed by atoms with Crippen molar-refractivity contribution in [3.8, 4) is 28.7 Å². The van der Waals surface area contributed by atoms with Crippen LogP contribution < -0.4 is 18.9 Å². The van der Waals surface area contributed by atoms with E-state index in [4.69, 9.17) is 18.9 Å². The quantitative estimate of drug-likeness (QED) is 0.794. The Morgan fingerprint density at radius 3 is 2.71 bits per heavy atom. The van der Waals surface area contributed by atoms with Gasteiger partial charge < -0.3 is 29.2 Å². The normalized spacial score (nSPS) is 25.3. The lowest BCUT2D eigenvalue weighted by Crippen LogP contribution is -2.44. The maximum absolute atomic E-state index is 11.4. The molecular formula is C22H22O6. The molecule has 28 heavy (non-hydrogen) atoms. The number of hydrogen-bond acceptors (Lipinski definition) is 6. The predicted octanol–water partition coefficient (Wildman–Crippen LogP) is 3.28. The van der Waals surface area contributed by atoms with E-state index < -0.39 is 11.4 Å². The molecule has 0 fully saturated rings. The summed E-state index contributed by atoms with van der Waals surface area (Å²) in [6.07, 6.45) is 2.05. The highest BCUT2D eigenvalue weighted by molar-refractivity contribution is 5.64. The van der Waals surface area contributed by atoms with Crippen molar-refractivity contribution >= 4 is 0 Å². The summed E-state index contributed by atoms with van der Waals surface area (Å²) in [5, 5.41) is 21.6. The van der Waals surface area contributed by atoms with Crippen molar-refractivity contribution in [3.63, 3.8) is 0 Å². The number of hydrogen-bond donors (Lipinski definition) is 2. The minimum Gasteiger partial charge on any atom is -0.504 e. The van der Waals surface area contributed by atoms with E-state index in [0.29, 0.717) is 23.7 Å². The lowest BCUT2D eigenvalue weighted by molar-refractivity contribution is -0.0434. The summed E-state index contributed by atoms with van der Waals surface area (Å²) in [4.78, 5) is 0. The minimum atomic E-state index is -1.08. The van der Waals surface area contributed by atoms with Gasteiger partial charge >= 0.3 is 0 Å². The summed E-state index contributed by atoms with van der Waals surface area (Å²) in [6, 6.07) is 7.25. The largest absolute Gasteiger partial charge is 0.504 e. The highest BCUT2D eigenvalue weighted by atomic mass is 16.7. The van der Waals surface area contributed by atoms with E-state index >= 15 is 0 Å². The fraction of sp³-hybridized carbons (Fsp3) is 0.364. The van der Waals surface area contributed by atoms with Gasteiger partial charge in [-0.2, -0.15) is 0 Å². The SMILES string of the molecule is C=CCOc1c(O)ccc2c1OC[C@]1(O)Cc3cc4c(cc3C21)OC(C)(C)O4. The summed E-state index contributed by atoms with van der Waals surface area (Å²) in [7, 11) is 0. The molecule has 1 unspecified atom stereocenters. The van der Waals surface area contributed by atoms with E-state index in [1.807, 2.05) is 26.0 Å². The second kappa shape index (κ2) is 5.58. The molecule has 6 nitrogen and oxygen atoms in total. The standard InChI is InChI=1S/C22H22O6/c1-4-7-25-20-15(23)6-5-13-18-14-9-17-16(27-21(2,3)28-17)8-12(14)10-22(18,24)11-26-19(13)20/h4-6,8-9,18,23-24H,1,7,10-11H2,2-3H3/t18?,22-/m1/s1. The summed E-state index contributed by atoms with van der Waals surface area (Å²) in [5.41, 5.74) is 1.69. The molecule has 2 aromatic carbocycles. The number of phenols is 1. The highest BCUT2D eigenvalue weighted by Gasteiger charge is 2.52. The molecule has 0 saturated carbocycles. The Morgan fingerprint density at radius 1 is 1.21 bits per heavy atom. The van der Waals surface area contributed by atoms with E-state index in [-0.39, 0.29) is 30.6 Å². The molecule has 2 atom stereocenters. The maximum atomic E-state index is 11.4. The Morgan fingerprint density at radius 2 is 1.96 bits per heavy atom. The van der Waals surface area contributed by atoms with Crippen LogP contribution in [0.25, 0.3) is 0 Å². The lowest BCUT2D eigenvalue weighted by atomic mass is 9.80. The molecule has 2 aromatic rings. The molecule has 0 bridgehead atoms. The van der Waals surface area contributed by atoms with Crippen LogP contribution in [0.15, 0.2) is 36.9 Å². The molecule has 3 aliphatic rings. The molecule has 0 aromatic heterocycles. The Balaban J connectivity index is 1.64.